The molecule has 1 aromatic carbocycles. The van der Waals surface area contributed by atoms with Crippen molar-refractivity contribution in [3.63, 3.8) is 0 Å². The van der Waals surface area contributed by atoms with Crippen molar-refractivity contribution in [2.75, 3.05) is 26.3 Å². The molecule has 0 aromatic heterocycles. The first-order valence-electron chi connectivity index (χ1n) is 8.45. The highest BCUT2D eigenvalue weighted by atomic mass is 16.5. The summed E-state index contributed by atoms with van der Waals surface area (Å²) in [6.07, 6.45) is 3.99. The third-order valence-electron chi connectivity index (χ3n) is 4.69. The van der Waals surface area contributed by atoms with Gasteiger partial charge in [0.2, 0.25) is 5.91 Å². The Kier molecular flexibility index (Phi) is 5.46. The van der Waals surface area contributed by atoms with Crippen LogP contribution in [0.15, 0.2) is 30.3 Å². The summed E-state index contributed by atoms with van der Waals surface area (Å²) in [6.45, 7) is 4.51. The van der Waals surface area contributed by atoms with Gasteiger partial charge in [-0.15, -0.1) is 0 Å². The molecule has 1 aromatic rings. The summed E-state index contributed by atoms with van der Waals surface area (Å²) in [6, 6.07) is 10.9. The van der Waals surface area contributed by atoms with Crippen molar-refractivity contribution in [1.82, 2.24) is 10.2 Å². The van der Waals surface area contributed by atoms with Crippen LogP contribution in [-0.2, 0) is 16.1 Å². The molecular weight excluding hydrogens is 276 g/mol. The van der Waals surface area contributed by atoms with Crippen molar-refractivity contribution in [3.05, 3.63) is 35.9 Å². The van der Waals surface area contributed by atoms with Crippen LogP contribution < -0.4 is 5.32 Å². The highest BCUT2D eigenvalue weighted by Gasteiger charge is 2.26. The zero-order chi connectivity index (χ0) is 15.2. The Balaban J connectivity index is 1.48. The van der Waals surface area contributed by atoms with Crippen LogP contribution in [-0.4, -0.2) is 43.2 Å². The number of nitrogens with zero attached hydrogens (tertiary/aromatic N) is 1. The molecule has 2 aliphatic rings. The smallest absolute Gasteiger partial charge is 0.223 e. The molecule has 0 bridgehead atoms. The van der Waals surface area contributed by atoms with Crippen molar-refractivity contribution < 1.29 is 9.53 Å². The Morgan fingerprint density at radius 2 is 1.95 bits per heavy atom. The van der Waals surface area contributed by atoms with Gasteiger partial charge in [0.05, 0.1) is 0 Å². The van der Waals surface area contributed by atoms with Crippen molar-refractivity contribution >= 4 is 5.91 Å². The number of hydrogen-bond donors (Lipinski definition) is 1. The lowest BCUT2D eigenvalue weighted by atomic mass is 9.97. The number of hydrogen-bond acceptors (Lipinski definition) is 3. The molecule has 120 valence electrons. The summed E-state index contributed by atoms with van der Waals surface area (Å²) >= 11 is 0. The lowest BCUT2D eigenvalue weighted by Crippen LogP contribution is -2.49. The molecule has 1 amide bonds. The number of ether oxygens (including phenoxy) is 1. The molecule has 0 spiro atoms. The lowest BCUT2D eigenvalue weighted by Gasteiger charge is -2.34. The monoisotopic (exact) mass is 302 g/mol. The summed E-state index contributed by atoms with van der Waals surface area (Å²) in [5.41, 5.74) is 1.35. The Hall–Kier alpha value is -1.39. The zero-order valence-electron chi connectivity index (χ0n) is 13.2. The topological polar surface area (TPSA) is 41.6 Å². The summed E-state index contributed by atoms with van der Waals surface area (Å²) in [7, 11) is 0. The Labute approximate surface area is 132 Å². The summed E-state index contributed by atoms with van der Waals surface area (Å²) in [4.78, 5) is 14.8. The van der Waals surface area contributed by atoms with Gasteiger partial charge >= 0.3 is 0 Å². The standard InChI is InChI=1S/C18H26N2O2/c21-18(16-8-11-22-12-9-16)19-17-7-4-10-20(14-17)13-15-5-2-1-3-6-15/h1-3,5-6,16-17H,4,7-14H2,(H,19,21). The van der Waals surface area contributed by atoms with E-state index in [1.807, 2.05) is 0 Å². The molecule has 2 fully saturated rings. The van der Waals surface area contributed by atoms with E-state index in [9.17, 15) is 4.79 Å². The molecule has 1 N–H and O–H groups in total. The van der Waals surface area contributed by atoms with E-state index < -0.39 is 0 Å². The molecule has 1 atom stereocenters. The van der Waals surface area contributed by atoms with E-state index in [2.05, 4.69) is 40.5 Å². The second kappa shape index (κ2) is 7.75. The van der Waals surface area contributed by atoms with Gasteiger partial charge in [0.15, 0.2) is 0 Å². The van der Waals surface area contributed by atoms with Crippen molar-refractivity contribution in [3.8, 4) is 0 Å². The van der Waals surface area contributed by atoms with Gasteiger partial charge in [-0.3, -0.25) is 9.69 Å². The molecule has 22 heavy (non-hydrogen) atoms. The maximum Gasteiger partial charge on any atom is 0.223 e. The van der Waals surface area contributed by atoms with Crippen molar-refractivity contribution in [1.29, 1.82) is 0 Å². The first-order chi connectivity index (χ1) is 10.8. The van der Waals surface area contributed by atoms with Gasteiger partial charge in [0, 0.05) is 38.3 Å². The van der Waals surface area contributed by atoms with Gasteiger partial charge in [-0.05, 0) is 37.8 Å². The molecule has 0 radical (unpaired) electrons. The fraction of sp³-hybridized carbons (Fsp3) is 0.611. The number of carbonyl (C=O) groups is 1. The minimum absolute atomic E-state index is 0.151. The fourth-order valence-corrected chi connectivity index (χ4v) is 3.44. The molecule has 4 heteroatoms. The Morgan fingerprint density at radius 1 is 1.18 bits per heavy atom. The average Bonchev–Trinajstić information content (AvgIpc) is 2.57. The highest BCUT2D eigenvalue weighted by Crippen LogP contribution is 2.17. The minimum Gasteiger partial charge on any atom is -0.381 e. The molecule has 2 heterocycles. The van der Waals surface area contributed by atoms with Crippen molar-refractivity contribution in [2.45, 2.75) is 38.3 Å². The van der Waals surface area contributed by atoms with Gasteiger partial charge in [-0.25, -0.2) is 0 Å². The Bertz CT molecular complexity index is 471. The number of piperidine rings is 1. The Morgan fingerprint density at radius 3 is 2.73 bits per heavy atom. The SMILES string of the molecule is O=C(NC1CCCN(Cc2ccccc2)C1)C1CCOCC1. The number of amides is 1. The van der Waals surface area contributed by atoms with Gasteiger partial charge in [0.25, 0.3) is 0 Å². The predicted octanol–water partition coefficient (Wildman–Crippen LogP) is 2.19. The summed E-state index contributed by atoms with van der Waals surface area (Å²) in [5, 5.41) is 3.27. The van der Waals surface area contributed by atoms with Gasteiger partial charge in [-0.2, -0.15) is 0 Å². The highest BCUT2D eigenvalue weighted by molar-refractivity contribution is 5.79. The predicted molar refractivity (Wildman–Crippen MR) is 86.4 cm³/mol. The molecule has 1 unspecified atom stereocenters. The van der Waals surface area contributed by atoms with Crippen LogP contribution in [0.2, 0.25) is 0 Å². The van der Waals surface area contributed by atoms with Crippen LogP contribution in [0, 0.1) is 5.92 Å². The van der Waals surface area contributed by atoms with Crippen LogP contribution in [0.1, 0.15) is 31.2 Å². The van der Waals surface area contributed by atoms with Gasteiger partial charge in [-0.1, -0.05) is 30.3 Å². The molecule has 2 aliphatic heterocycles. The van der Waals surface area contributed by atoms with E-state index in [0.29, 0.717) is 6.04 Å². The first kappa shape index (κ1) is 15.5. The van der Waals surface area contributed by atoms with E-state index in [1.54, 1.807) is 0 Å². The maximum absolute atomic E-state index is 12.3. The van der Waals surface area contributed by atoms with Crippen LogP contribution in [0.3, 0.4) is 0 Å². The first-order valence-corrected chi connectivity index (χ1v) is 8.45. The molecule has 0 aliphatic carbocycles. The maximum atomic E-state index is 12.3. The zero-order valence-corrected chi connectivity index (χ0v) is 13.2. The quantitative estimate of drug-likeness (QED) is 0.927. The lowest BCUT2D eigenvalue weighted by molar-refractivity contribution is -0.129. The third-order valence-corrected chi connectivity index (χ3v) is 4.69. The van der Waals surface area contributed by atoms with Gasteiger partial charge < -0.3 is 10.1 Å². The number of benzene rings is 1. The largest absolute Gasteiger partial charge is 0.381 e. The normalized spacial score (nSPS) is 24.1. The molecule has 3 rings (SSSR count). The van der Waals surface area contributed by atoms with Crippen LogP contribution in [0.5, 0.6) is 0 Å². The van der Waals surface area contributed by atoms with E-state index in [1.165, 1.54) is 5.56 Å². The minimum atomic E-state index is 0.151. The number of carbonyl (C=O) groups excluding carboxylic acids is 1. The van der Waals surface area contributed by atoms with E-state index in [0.717, 1.165) is 58.5 Å². The summed E-state index contributed by atoms with van der Waals surface area (Å²) < 4.78 is 5.34. The third kappa shape index (κ3) is 4.31. The molecule has 2 saturated heterocycles. The number of likely N-dealkylation sites (tertiary alicyclic amines) is 1. The van der Waals surface area contributed by atoms with Crippen LogP contribution in [0.4, 0.5) is 0 Å². The number of nitrogens with one attached hydrogen (secondary N) is 1. The second-order valence-corrected chi connectivity index (χ2v) is 6.46. The van der Waals surface area contributed by atoms with Crippen LogP contribution >= 0.6 is 0 Å². The second-order valence-electron chi connectivity index (χ2n) is 6.46. The van der Waals surface area contributed by atoms with E-state index in [4.69, 9.17) is 4.74 Å². The van der Waals surface area contributed by atoms with E-state index >= 15 is 0 Å². The van der Waals surface area contributed by atoms with Crippen LogP contribution in [0.25, 0.3) is 0 Å². The molecule has 0 saturated carbocycles. The van der Waals surface area contributed by atoms with E-state index in [-0.39, 0.29) is 11.8 Å². The summed E-state index contributed by atoms with van der Waals surface area (Å²) in [5.74, 6) is 0.383. The molecule has 4 nitrogen and oxygen atoms in total. The number of rotatable bonds is 4. The molecular formula is C18H26N2O2. The van der Waals surface area contributed by atoms with Gasteiger partial charge in [0.1, 0.15) is 0 Å². The fourth-order valence-electron chi connectivity index (χ4n) is 3.44. The average molecular weight is 302 g/mol. The van der Waals surface area contributed by atoms with Crippen molar-refractivity contribution in [2.24, 2.45) is 5.92 Å².